The molecule has 1 unspecified atom stereocenters. The number of carboxylic acids is 1. The van der Waals surface area contributed by atoms with Crippen LogP contribution in [0.15, 0.2) is 30.4 Å². The Balaban J connectivity index is 1.76. The van der Waals surface area contributed by atoms with Crippen LogP contribution in [-0.2, 0) is 11.2 Å². The molecule has 0 saturated heterocycles. The largest absolute Gasteiger partial charge is 0.481 e. The van der Waals surface area contributed by atoms with Crippen LogP contribution in [0, 0.1) is 25.7 Å². The van der Waals surface area contributed by atoms with E-state index in [1.54, 1.807) is 11.3 Å². The lowest BCUT2D eigenvalue weighted by Gasteiger charge is -2.18. The fourth-order valence-electron chi connectivity index (χ4n) is 3.61. The van der Waals surface area contributed by atoms with Gasteiger partial charge in [-0.05, 0) is 69.4 Å². The number of aliphatic carboxylic acids is 1. The summed E-state index contributed by atoms with van der Waals surface area (Å²) in [6.45, 7) is 4.25. The zero-order valence-electron chi connectivity index (χ0n) is 16.7. The zero-order chi connectivity index (χ0) is 20.5. The number of hydrogen-bond acceptors (Lipinski definition) is 5. The molecule has 6 heteroatoms. The number of allylic oxidation sites excluding steroid dienone is 2. The zero-order valence-corrected chi connectivity index (χ0v) is 18.3. The Hall–Kier alpha value is -1.08. The van der Waals surface area contributed by atoms with E-state index in [1.807, 2.05) is 18.2 Å². The molecule has 0 bridgehead atoms. The summed E-state index contributed by atoms with van der Waals surface area (Å²) in [6, 6.07) is 2.21. The van der Waals surface area contributed by atoms with Gasteiger partial charge in [0.25, 0.3) is 0 Å². The summed E-state index contributed by atoms with van der Waals surface area (Å²) in [6.07, 6.45) is 11.4. The minimum atomic E-state index is -0.794. The molecule has 1 aromatic rings. The Morgan fingerprint density at radius 3 is 2.82 bits per heavy atom. The van der Waals surface area contributed by atoms with Crippen LogP contribution in [0.1, 0.15) is 41.0 Å². The molecule has 0 aromatic carbocycles. The van der Waals surface area contributed by atoms with Crippen molar-refractivity contribution >= 4 is 29.1 Å². The molecule has 1 fully saturated rings. The van der Waals surface area contributed by atoms with Crippen LogP contribution in [0.25, 0.3) is 0 Å². The number of thioether (sulfide) groups is 1. The summed E-state index contributed by atoms with van der Waals surface area (Å²) < 4.78 is 0. The van der Waals surface area contributed by atoms with E-state index in [0.717, 1.165) is 32.1 Å². The molecule has 3 N–H and O–H groups in total. The standard InChI is InChI=1S/C22H32O4S2/c1-15-13-19(28-16(15)2)10-9-18(23)8-6-17-7-11-21(24)20(17)5-3-4-12-27-14-22(25)26/h3-4,6,8,13,17-18,20-21,23-24H,5,7,9-12,14H2,1-2H3,(H,25,26)/t17-,18+,20+,21?/m0/s1. The number of aliphatic hydroxyl groups excluding tert-OH is 2. The van der Waals surface area contributed by atoms with Gasteiger partial charge in [-0.2, -0.15) is 0 Å². The van der Waals surface area contributed by atoms with Crippen molar-refractivity contribution < 1.29 is 20.1 Å². The fraction of sp³-hybridized carbons (Fsp3) is 0.591. The number of aryl methyl sites for hydroxylation is 3. The second kappa shape index (κ2) is 11.8. The quantitative estimate of drug-likeness (QED) is 0.363. The van der Waals surface area contributed by atoms with E-state index in [9.17, 15) is 15.0 Å². The van der Waals surface area contributed by atoms with Gasteiger partial charge in [-0.25, -0.2) is 0 Å². The van der Waals surface area contributed by atoms with Crippen LogP contribution in [-0.4, -0.2) is 45.0 Å². The molecule has 156 valence electrons. The first-order valence-corrected chi connectivity index (χ1v) is 11.9. The first kappa shape index (κ1) is 23.2. The topological polar surface area (TPSA) is 77.8 Å². The Kier molecular flexibility index (Phi) is 9.79. The maximum atomic E-state index is 10.5. The van der Waals surface area contributed by atoms with E-state index in [1.165, 1.54) is 27.1 Å². The van der Waals surface area contributed by atoms with E-state index >= 15 is 0 Å². The van der Waals surface area contributed by atoms with Crippen molar-refractivity contribution in [2.24, 2.45) is 11.8 Å². The molecule has 0 spiro atoms. The highest BCUT2D eigenvalue weighted by Crippen LogP contribution is 2.36. The van der Waals surface area contributed by atoms with Crippen LogP contribution < -0.4 is 0 Å². The highest BCUT2D eigenvalue weighted by Gasteiger charge is 2.32. The Morgan fingerprint density at radius 1 is 1.36 bits per heavy atom. The van der Waals surface area contributed by atoms with Crippen molar-refractivity contribution in [3.63, 3.8) is 0 Å². The number of hydrogen-bond donors (Lipinski definition) is 3. The smallest absolute Gasteiger partial charge is 0.313 e. The minimum Gasteiger partial charge on any atom is -0.481 e. The van der Waals surface area contributed by atoms with Crippen LogP contribution in [0.3, 0.4) is 0 Å². The van der Waals surface area contributed by atoms with Crippen molar-refractivity contribution in [1.29, 1.82) is 0 Å². The second-order valence-corrected chi connectivity index (χ2v) is 9.90. The predicted octanol–water partition coefficient (Wildman–Crippen LogP) is 4.37. The van der Waals surface area contributed by atoms with Crippen molar-refractivity contribution in [3.8, 4) is 0 Å². The van der Waals surface area contributed by atoms with Gasteiger partial charge in [0.05, 0.1) is 18.0 Å². The summed E-state index contributed by atoms with van der Waals surface area (Å²) in [5.41, 5.74) is 1.32. The third-order valence-corrected chi connectivity index (χ3v) is 7.43. The molecular formula is C22H32O4S2. The monoisotopic (exact) mass is 424 g/mol. The number of aliphatic hydroxyl groups is 2. The average Bonchev–Trinajstić information content (AvgIpc) is 3.16. The number of carbonyl (C=O) groups is 1. The van der Waals surface area contributed by atoms with Crippen molar-refractivity contribution in [2.45, 2.75) is 58.2 Å². The first-order valence-electron chi connectivity index (χ1n) is 9.91. The summed E-state index contributed by atoms with van der Waals surface area (Å²) in [4.78, 5) is 13.2. The van der Waals surface area contributed by atoms with Gasteiger partial charge in [0.1, 0.15) is 0 Å². The average molecular weight is 425 g/mol. The molecular weight excluding hydrogens is 392 g/mol. The van der Waals surface area contributed by atoms with Gasteiger partial charge in [-0.1, -0.05) is 24.3 Å². The molecule has 2 rings (SSSR count). The molecule has 1 aliphatic rings. The molecule has 0 aliphatic heterocycles. The van der Waals surface area contributed by atoms with Crippen LogP contribution in [0.4, 0.5) is 0 Å². The molecule has 1 saturated carbocycles. The highest BCUT2D eigenvalue weighted by molar-refractivity contribution is 8.00. The SMILES string of the molecule is Cc1cc(CC[C@H](O)C=C[C@H]2CCC(O)[C@@H]2CC=CCSCC(=O)O)sc1C. The molecule has 1 aromatic heterocycles. The van der Waals surface area contributed by atoms with Gasteiger partial charge >= 0.3 is 5.97 Å². The van der Waals surface area contributed by atoms with Gasteiger partial charge in [0.15, 0.2) is 0 Å². The van der Waals surface area contributed by atoms with Crippen molar-refractivity contribution in [3.05, 3.63) is 45.7 Å². The minimum absolute atomic E-state index is 0.115. The van der Waals surface area contributed by atoms with E-state index in [2.05, 4.69) is 26.0 Å². The molecule has 28 heavy (non-hydrogen) atoms. The van der Waals surface area contributed by atoms with Gasteiger partial charge in [0.2, 0.25) is 0 Å². The normalized spacial score (nSPS) is 23.8. The van der Waals surface area contributed by atoms with Gasteiger partial charge < -0.3 is 15.3 Å². The lowest BCUT2D eigenvalue weighted by atomic mass is 9.90. The summed E-state index contributed by atoms with van der Waals surface area (Å²) in [7, 11) is 0. The lowest BCUT2D eigenvalue weighted by Crippen LogP contribution is -2.17. The Labute approximate surface area is 176 Å². The Morgan fingerprint density at radius 2 is 2.14 bits per heavy atom. The van der Waals surface area contributed by atoms with Crippen molar-refractivity contribution in [1.82, 2.24) is 0 Å². The molecule has 4 atom stereocenters. The maximum Gasteiger partial charge on any atom is 0.313 e. The molecule has 0 amide bonds. The number of carboxylic acid groups (broad SMARTS) is 1. The van der Waals surface area contributed by atoms with E-state index in [-0.39, 0.29) is 23.7 Å². The van der Waals surface area contributed by atoms with Crippen LogP contribution in [0.2, 0.25) is 0 Å². The van der Waals surface area contributed by atoms with E-state index in [0.29, 0.717) is 5.75 Å². The fourth-order valence-corrected chi connectivity index (χ4v) is 5.25. The Bertz CT molecular complexity index is 661. The number of thiophene rings is 1. The maximum absolute atomic E-state index is 10.5. The van der Waals surface area contributed by atoms with Gasteiger partial charge in [-0.3, -0.25) is 4.79 Å². The molecule has 0 radical (unpaired) electrons. The van der Waals surface area contributed by atoms with E-state index in [4.69, 9.17) is 5.11 Å². The van der Waals surface area contributed by atoms with E-state index < -0.39 is 12.1 Å². The predicted molar refractivity (Wildman–Crippen MR) is 118 cm³/mol. The van der Waals surface area contributed by atoms with Crippen LogP contribution in [0.5, 0.6) is 0 Å². The lowest BCUT2D eigenvalue weighted by molar-refractivity contribution is -0.133. The van der Waals surface area contributed by atoms with Gasteiger partial charge in [0, 0.05) is 15.5 Å². The van der Waals surface area contributed by atoms with Crippen molar-refractivity contribution in [2.75, 3.05) is 11.5 Å². The third-order valence-electron chi connectivity index (χ3n) is 5.34. The second-order valence-electron chi connectivity index (χ2n) is 7.53. The summed E-state index contributed by atoms with van der Waals surface area (Å²) in [5.74, 6) is 0.456. The summed E-state index contributed by atoms with van der Waals surface area (Å²) in [5, 5.41) is 29.2. The molecule has 1 heterocycles. The van der Waals surface area contributed by atoms with Gasteiger partial charge in [-0.15, -0.1) is 23.1 Å². The first-order chi connectivity index (χ1) is 13.4. The third kappa shape index (κ3) is 7.74. The molecule has 4 nitrogen and oxygen atoms in total. The molecule has 1 aliphatic carbocycles. The number of rotatable bonds is 11. The summed E-state index contributed by atoms with van der Waals surface area (Å²) >= 11 is 3.18. The highest BCUT2D eigenvalue weighted by atomic mass is 32.2. The van der Waals surface area contributed by atoms with Crippen LogP contribution >= 0.6 is 23.1 Å².